The number of carbonyl (C=O) groups excluding carboxylic acids is 1. The number of hydrogen-bond donors (Lipinski definition) is 0. The second-order valence-corrected chi connectivity index (χ2v) is 6.92. The zero-order valence-corrected chi connectivity index (χ0v) is 16.3. The Labute approximate surface area is 170 Å². The van der Waals surface area contributed by atoms with Gasteiger partial charge in [0.05, 0.1) is 22.3 Å². The molecule has 0 spiro atoms. The smallest absolute Gasteiger partial charge is 0.298 e. The highest BCUT2D eigenvalue weighted by Crippen LogP contribution is 2.33. The van der Waals surface area contributed by atoms with Crippen LogP contribution in [0.2, 0.25) is 10.0 Å². The molecule has 4 rings (SSSR count). The van der Waals surface area contributed by atoms with Gasteiger partial charge >= 0.3 is 0 Å². The van der Waals surface area contributed by atoms with Gasteiger partial charge in [-0.15, -0.1) is 5.10 Å². The van der Waals surface area contributed by atoms with E-state index in [1.165, 1.54) is 27.8 Å². The third-order valence-corrected chi connectivity index (χ3v) is 4.97. The number of carbonyl (C=O) groups is 1. The lowest BCUT2D eigenvalue weighted by Gasteiger charge is -2.28. The summed E-state index contributed by atoms with van der Waals surface area (Å²) in [5.74, 6) is 0.0183. The zero-order chi connectivity index (χ0) is 19.8. The molecule has 9 heteroatoms. The highest BCUT2D eigenvalue weighted by Gasteiger charge is 2.29. The van der Waals surface area contributed by atoms with Crippen LogP contribution in [0.3, 0.4) is 0 Å². The summed E-state index contributed by atoms with van der Waals surface area (Å²) in [7, 11) is 0. The Kier molecular flexibility index (Phi) is 4.95. The third kappa shape index (κ3) is 3.21. The zero-order valence-electron chi connectivity index (χ0n) is 14.8. The Morgan fingerprint density at radius 3 is 2.71 bits per heavy atom. The number of rotatable bonds is 3. The molecule has 0 aliphatic carbocycles. The lowest BCUT2D eigenvalue weighted by atomic mass is 10.2. The second-order valence-electron chi connectivity index (χ2n) is 6.10. The van der Waals surface area contributed by atoms with E-state index in [4.69, 9.17) is 27.9 Å². The van der Waals surface area contributed by atoms with E-state index in [2.05, 4.69) is 10.1 Å². The van der Waals surface area contributed by atoms with Gasteiger partial charge in [-0.2, -0.15) is 0 Å². The number of benzene rings is 2. The van der Waals surface area contributed by atoms with Crippen molar-refractivity contribution in [1.82, 2.24) is 14.8 Å². The number of aromatic nitrogens is 3. The molecule has 2 aromatic carbocycles. The molecule has 1 aromatic heterocycles. The molecule has 1 amide bonds. The molecular weight excluding hydrogens is 406 g/mol. The van der Waals surface area contributed by atoms with Crippen LogP contribution in [0.15, 0.2) is 36.4 Å². The average Bonchev–Trinajstić information content (AvgIpc) is 3.10. The molecule has 1 aliphatic rings. The lowest BCUT2D eigenvalue weighted by molar-refractivity contribution is 0.0966. The van der Waals surface area contributed by atoms with Gasteiger partial charge < -0.3 is 4.74 Å². The van der Waals surface area contributed by atoms with Crippen molar-refractivity contribution in [2.45, 2.75) is 13.3 Å². The fraction of sp³-hybridized carbons (Fsp3) is 0.211. The molecule has 0 saturated carbocycles. The van der Waals surface area contributed by atoms with Gasteiger partial charge in [0.1, 0.15) is 29.7 Å². The second kappa shape index (κ2) is 7.41. The maximum Gasteiger partial charge on any atom is 0.298 e. The van der Waals surface area contributed by atoms with E-state index < -0.39 is 11.7 Å². The highest BCUT2D eigenvalue weighted by atomic mass is 35.5. The standard InChI is InChI=1S/C19H15Cl2FN4O2/c1-2-16-23-18(24-26(16)17-12(20)4-3-5-13(17)21)19(27)25-8-9-28-15-10-11(22)6-7-14(15)25/h3-7,10H,2,8-9H2,1H3. The first-order chi connectivity index (χ1) is 13.5. The van der Waals surface area contributed by atoms with Crippen LogP contribution >= 0.6 is 23.2 Å². The van der Waals surface area contributed by atoms with E-state index >= 15 is 0 Å². The predicted molar refractivity (Wildman–Crippen MR) is 104 cm³/mol. The quantitative estimate of drug-likeness (QED) is 0.632. The van der Waals surface area contributed by atoms with Crippen LogP contribution in [0.5, 0.6) is 5.75 Å². The molecule has 28 heavy (non-hydrogen) atoms. The number of halogens is 3. The van der Waals surface area contributed by atoms with E-state index in [1.807, 2.05) is 6.92 Å². The normalized spacial score (nSPS) is 13.2. The van der Waals surface area contributed by atoms with Crippen LogP contribution in [0.25, 0.3) is 5.69 Å². The predicted octanol–water partition coefficient (Wildman–Crippen LogP) is 4.31. The van der Waals surface area contributed by atoms with Gasteiger partial charge in [0.2, 0.25) is 5.82 Å². The molecule has 0 radical (unpaired) electrons. The minimum absolute atomic E-state index is 0.00464. The molecule has 1 aliphatic heterocycles. The minimum Gasteiger partial charge on any atom is -0.489 e. The first-order valence-electron chi connectivity index (χ1n) is 8.64. The summed E-state index contributed by atoms with van der Waals surface area (Å²) in [5.41, 5.74) is 0.946. The largest absolute Gasteiger partial charge is 0.489 e. The Hall–Kier alpha value is -2.64. The fourth-order valence-electron chi connectivity index (χ4n) is 3.06. The van der Waals surface area contributed by atoms with Crippen molar-refractivity contribution < 1.29 is 13.9 Å². The number of nitrogens with zero attached hydrogens (tertiary/aromatic N) is 4. The molecule has 0 unspecified atom stereocenters. The summed E-state index contributed by atoms with van der Waals surface area (Å²) >= 11 is 12.6. The van der Waals surface area contributed by atoms with Crippen LogP contribution in [0.4, 0.5) is 10.1 Å². The molecule has 3 aromatic rings. The topological polar surface area (TPSA) is 60.3 Å². The van der Waals surface area contributed by atoms with Gasteiger partial charge in [-0.25, -0.2) is 14.1 Å². The Morgan fingerprint density at radius 2 is 2.00 bits per heavy atom. The summed E-state index contributed by atoms with van der Waals surface area (Å²) in [6, 6.07) is 9.15. The van der Waals surface area contributed by atoms with Crippen molar-refractivity contribution >= 4 is 34.8 Å². The van der Waals surface area contributed by atoms with Crippen molar-refractivity contribution in [1.29, 1.82) is 0 Å². The van der Waals surface area contributed by atoms with Crippen LogP contribution < -0.4 is 9.64 Å². The van der Waals surface area contributed by atoms with Gasteiger partial charge in [-0.1, -0.05) is 36.2 Å². The molecule has 144 valence electrons. The average molecular weight is 421 g/mol. The summed E-state index contributed by atoms with van der Waals surface area (Å²) in [4.78, 5) is 19.0. The van der Waals surface area contributed by atoms with Crippen LogP contribution in [0, 0.1) is 5.82 Å². The van der Waals surface area contributed by atoms with Crippen LogP contribution in [-0.4, -0.2) is 33.8 Å². The third-order valence-electron chi connectivity index (χ3n) is 4.36. The number of para-hydroxylation sites is 1. The Morgan fingerprint density at radius 1 is 1.25 bits per heavy atom. The SMILES string of the molecule is CCc1nc(C(=O)N2CCOc3cc(F)ccc32)nn1-c1c(Cl)cccc1Cl. The molecule has 6 nitrogen and oxygen atoms in total. The van der Waals surface area contributed by atoms with Gasteiger partial charge in [-0.3, -0.25) is 9.69 Å². The van der Waals surface area contributed by atoms with Crippen molar-refractivity contribution in [2.75, 3.05) is 18.1 Å². The van der Waals surface area contributed by atoms with Gasteiger partial charge in [0.25, 0.3) is 5.91 Å². The van der Waals surface area contributed by atoms with E-state index in [0.29, 0.717) is 46.0 Å². The fourth-order valence-corrected chi connectivity index (χ4v) is 3.62. The van der Waals surface area contributed by atoms with Crippen LogP contribution in [0.1, 0.15) is 23.4 Å². The summed E-state index contributed by atoms with van der Waals surface area (Å²) in [5, 5.41) is 5.17. The summed E-state index contributed by atoms with van der Waals surface area (Å²) < 4.78 is 20.4. The van der Waals surface area contributed by atoms with Crippen molar-refractivity contribution in [2.24, 2.45) is 0 Å². The Balaban J connectivity index is 1.76. The van der Waals surface area contributed by atoms with Gasteiger partial charge in [-0.05, 0) is 24.3 Å². The monoisotopic (exact) mass is 420 g/mol. The van der Waals surface area contributed by atoms with Gasteiger partial charge in [0, 0.05) is 12.5 Å². The highest BCUT2D eigenvalue weighted by molar-refractivity contribution is 6.37. The van der Waals surface area contributed by atoms with E-state index in [9.17, 15) is 9.18 Å². The van der Waals surface area contributed by atoms with Crippen molar-refractivity contribution in [3.05, 3.63) is 63.9 Å². The number of anilines is 1. The number of amides is 1. The lowest BCUT2D eigenvalue weighted by Crippen LogP contribution is -2.38. The maximum atomic E-state index is 13.5. The van der Waals surface area contributed by atoms with Crippen LogP contribution in [-0.2, 0) is 6.42 Å². The molecular formula is C19H15Cl2FN4O2. The molecule has 0 atom stereocenters. The summed E-state index contributed by atoms with van der Waals surface area (Å²) in [6.07, 6.45) is 0.521. The summed E-state index contributed by atoms with van der Waals surface area (Å²) in [6.45, 7) is 2.45. The number of hydrogen-bond acceptors (Lipinski definition) is 4. The van der Waals surface area contributed by atoms with E-state index in [-0.39, 0.29) is 12.4 Å². The molecule has 0 N–H and O–H groups in total. The molecule has 2 heterocycles. The first kappa shape index (κ1) is 18.7. The Bertz CT molecular complexity index is 1050. The van der Waals surface area contributed by atoms with E-state index in [0.717, 1.165) is 0 Å². The number of ether oxygens (including phenoxy) is 1. The number of fused-ring (bicyclic) bond motifs is 1. The first-order valence-corrected chi connectivity index (χ1v) is 9.39. The van der Waals surface area contributed by atoms with Crippen molar-refractivity contribution in [3.8, 4) is 11.4 Å². The number of aryl methyl sites for hydroxylation is 1. The van der Waals surface area contributed by atoms with Crippen molar-refractivity contribution in [3.63, 3.8) is 0 Å². The minimum atomic E-state index is -0.433. The van der Waals surface area contributed by atoms with E-state index in [1.54, 1.807) is 18.2 Å². The molecule has 0 saturated heterocycles. The van der Waals surface area contributed by atoms with Gasteiger partial charge in [0.15, 0.2) is 0 Å². The maximum absolute atomic E-state index is 13.5. The molecule has 0 bridgehead atoms. The molecule has 0 fully saturated rings.